The number of nitrogens with one attached hydrogen (secondary N) is 3. The van der Waals surface area contributed by atoms with Gasteiger partial charge in [0.25, 0.3) is 11.8 Å². The summed E-state index contributed by atoms with van der Waals surface area (Å²) >= 11 is 10.9. The van der Waals surface area contributed by atoms with Crippen molar-refractivity contribution < 1.29 is 14.4 Å². The number of carbonyl (C=O) groups excluding carboxylic acids is 3. The average Bonchev–Trinajstić information content (AvgIpc) is 2.97. The summed E-state index contributed by atoms with van der Waals surface area (Å²) in [6.45, 7) is 3.73. The van der Waals surface area contributed by atoms with Gasteiger partial charge in [-0.2, -0.15) is 0 Å². The molecule has 0 fully saturated rings. The first-order chi connectivity index (χ1) is 19.7. The topological polar surface area (TPSA) is 87.3 Å². The molecule has 0 aliphatic carbocycles. The highest BCUT2D eigenvalue weighted by Gasteiger charge is 2.17. The van der Waals surface area contributed by atoms with Gasteiger partial charge in [0, 0.05) is 31.3 Å². The highest BCUT2D eigenvalue weighted by Crippen LogP contribution is 2.27. The van der Waals surface area contributed by atoms with Crippen molar-refractivity contribution in [2.45, 2.75) is 24.0 Å². The summed E-state index contributed by atoms with van der Waals surface area (Å²) in [5.74, 6) is -1.01. The lowest BCUT2D eigenvalue weighted by atomic mass is 10.1. The van der Waals surface area contributed by atoms with Crippen LogP contribution in [0.15, 0.2) is 112 Å². The van der Waals surface area contributed by atoms with E-state index in [1.807, 2.05) is 62.4 Å². The largest absolute Gasteiger partial charge is 0.325 e. The molecule has 41 heavy (non-hydrogen) atoms. The number of thioether (sulfide) groups is 1. The third-order valence-corrected chi connectivity index (χ3v) is 7.84. The van der Waals surface area contributed by atoms with Crippen LogP contribution in [0.3, 0.4) is 0 Å². The van der Waals surface area contributed by atoms with Crippen LogP contribution in [-0.2, 0) is 9.59 Å². The van der Waals surface area contributed by atoms with E-state index in [2.05, 4.69) is 31.9 Å². The molecule has 1 unspecified atom stereocenters. The molecule has 9 heteroatoms. The molecule has 4 aromatic rings. The van der Waals surface area contributed by atoms with Crippen molar-refractivity contribution in [3.63, 3.8) is 0 Å². The monoisotopic (exact) mass is 647 g/mol. The predicted molar refractivity (Wildman–Crippen MR) is 171 cm³/mol. The van der Waals surface area contributed by atoms with Crippen molar-refractivity contribution in [1.29, 1.82) is 0 Å². The van der Waals surface area contributed by atoms with Gasteiger partial charge >= 0.3 is 0 Å². The zero-order valence-corrected chi connectivity index (χ0v) is 25.4. The smallest absolute Gasteiger partial charge is 0.272 e. The van der Waals surface area contributed by atoms with E-state index in [1.54, 1.807) is 54.6 Å². The molecule has 0 bridgehead atoms. The average molecular weight is 649 g/mol. The van der Waals surface area contributed by atoms with Crippen LogP contribution in [0.2, 0.25) is 5.02 Å². The van der Waals surface area contributed by atoms with Crippen molar-refractivity contribution in [2.24, 2.45) is 0 Å². The molecule has 1 atom stereocenters. The Labute approximate surface area is 256 Å². The number of benzene rings is 4. The molecular weight excluding hydrogens is 622 g/mol. The molecule has 0 aliphatic rings. The summed E-state index contributed by atoms with van der Waals surface area (Å²) in [7, 11) is 0. The van der Waals surface area contributed by atoms with E-state index in [9.17, 15) is 14.4 Å². The molecule has 0 spiro atoms. The minimum absolute atomic E-state index is 0.0984. The van der Waals surface area contributed by atoms with Crippen molar-refractivity contribution in [3.05, 3.63) is 129 Å². The first-order valence-corrected chi connectivity index (χ1v) is 14.7. The van der Waals surface area contributed by atoms with Gasteiger partial charge in [-0.15, -0.1) is 11.8 Å². The van der Waals surface area contributed by atoms with E-state index in [1.165, 1.54) is 11.8 Å². The fourth-order valence-electron chi connectivity index (χ4n) is 3.70. The molecule has 4 aromatic carbocycles. The number of amides is 3. The molecule has 6 nitrogen and oxygen atoms in total. The predicted octanol–water partition coefficient (Wildman–Crippen LogP) is 7.94. The van der Waals surface area contributed by atoms with E-state index in [0.717, 1.165) is 20.5 Å². The van der Waals surface area contributed by atoms with Gasteiger partial charge in [-0.05, 0) is 91.7 Å². The number of halogens is 2. The lowest BCUT2D eigenvalue weighted by Crippen LogP contribution is -2.30. The Morgan fingerprint density at radius 3 is 2.24 bits per heavy atom. The number of hydrogen-bond acceptors (Lipinski definition) is 4. The van der Waals surface area contributed by atoms with E-state index in [4.69, 9.17) is 11.6 Å². The second-order valence-electron chi connectivity index (χ2n) is 9.12. The Morgan fingerprint density at radius 1 is 0.878 bits per heavy atom. The molecule has 0 aromatic heterocycles. The van der Waals surface area contributed by atoms with Crippen LogP contribution in [0.4, 0.5) is 11.4 Å². The second kappa shape index (κ2) is 14.2. The van der Waals surface area contributed by atoms with Gasteiger partial charge in [-0.1, -0.05) is 63.9 Å². The van der Waals surface area contributed by atoms with Gasteiger partial charge in [0.05, 0.1) is 5.25 Å². The SMILES string of the molecule is Cc1ccc(Cl)cc1NC(=O)C(C)Sc1ccc(NC(=O)/C(=C/c2ccc(Br)cc2)NC(=O)c2ccccc2)cc1. The molecule has 3 amide bonds. The molecule has 3 N–H and O–H groups in total. The lowest BCUT2D eigenvalue weighted by molar-refractivity contribution is -0.115. The second-order valence-corrected chi connectivity index (χ2v) is 11.9. The normalized spacial score (nSPS) is 11.9. The lowest BCUT2D eigenvalue weighted by Gasteiger charge is -2.14. The number of hydrogen-bond donors (Lipinski definition) is 3. The molecule has 0 radical (unpaired) electrons. The highest BCUT2D eigenvalue weighted by atomic mass is 79.9. The third-order valence-electron chi connectivity index (χ3n) is 5.96. The Bertz CT molecular complexity index is 1580. The van der Waals surface area contributed by atoms with E-state index >= 15 is 0 Å². The van der Waals surface area contributed by atoms with Crippen LogP contribution in [0.1, 0.15) is 28.4 Å². The third kappa shape index (κ3) is 8.82. The first-order valence-electron chi connectivity index (χ1n) is 12.7. The zero-order valence-electron chi connectivity index (χ0n) is 22.3. The summed E-state index contributed by atoms with van der Waals surface area (Å²) < 4.78 is 0.901. The first kappa shape index (κ1) is 30.1. The van der Waals surface area contributed by atoms with Crippen molar-refractivity contribution in [3.8, 4) is 0 Å². The number of carbonyl (C=O) groups is 3. The minimum Gasteiger partial charge on any atom is -0.325 e. The molecule has 0 aliphatic heterocycles. The zero-order chi connectivity index (χ0) is 29.4. The summed E-state index contributed by atoms with van der Waals surface area (Å²) in [6, 6.07) is 28.6. The Morgan fingerprint density at radius 2 is 1.56 bits per heavy atom. The van der Waals surface area contributed by atoms with Crippen LogP contribution in [0, 0.1) is 6.92 Å². The molecule has 0 saturated carbocycles. The van der Waals surface area contributed by atoms with E-state index < -0.39 is 11.8 Å². The molecule has 4 rings (SSSR count). The summed E-state index contributed by atoms with van der Waals surface area (Å²) in [6.07, 6.45) is 1.62. The van der Waals surface area contributed by atoms with Gasteiger partial charge in [0.1, 0.15) is 5.70 Å². The Hall–Kier alpha value is -3.85. The summed E-state index contributed by atoms with van der Waals surface area (Å²) in [4.78, 5) is 39.7. The van der Waals surface area contributed by atoms with Crippen LogP contribution in [0.25, 0.3) is 6.08 Å². The number of rotatable bonds is 9. The summed E-state index contributed by atoms with van der Waals surface area (Å²) in [5, 5.41) is 8.69. The maximum atomic E-state index is 13.3. The molecule has 208 valence electrons. The van der Waals surface area contributed by atoms with Crippen LogP contribution >= 0.6 is 39.3 Å². The molecule has 0 heterocycles. The summed E-state index contributed by atoms with van der Waals surface area (Å²) in [5.41, 5.74) is 3.43. The van der Waals surface area contributed by atoms with Crippen molar-refractivity contribution >= 4 is 74.5 Å². The standard InChI is InChI=1S/C32H27BrClN3O3S/c1-20-8-13-25(34)19-28(20)36-30(38)21(2)41-27-16-14-26(15-17-27)35-32(40)29(18-22-9-11-24(33)12-10-22)37-31(39)23-6-4-3-5-7-23/h3-19,21H,1-2H3,(H,35,40)(H,36,38)(H,37,39)/b29-18-. The highest BCUT2D eigenvalue weighted by molar-refractivity contribution is 9.10. The van der Waals surface area contributed by atoms with Gasteiger partial charge in [-0.3, -0.25) is 14.4 Å². The Balaban J connectivity index is 1.43. The van der Waals surface area contributed by atoms with Gasteiger partial charge < -0.3 is 16.0 Å². The maximum absolute atomic E-state index is 13.3. The minimum atomic E-state index is -0.470. The molecule has 0 saturated heterocycles. The van der Waals surface area contributed by atoms with Crippen molar-refractivity contribution in [2.75, 3.05) is 10.6 Å². The van der Waals surface area contributed by atoms with Crippen LogP contribution in [0.5, 0.6) is 0 Å². The Kier molecular flexibility index (Phi) is 10.4. The van der Waals surface area contributed by atoms with Crippen LogP contribution in [-0.4, -0.2) is 23.0 Å². The number of anilines is 2. The van der Waals surface area contributed by atoms with Crippen molar-refractivity contribution in [1.82, 2.24) is 5.32 Å². The number of aryl methyl sites for hydroxylation is 1. The van der Waals surface area contributed by atoms with Crippen LogP contribution < -0.4 is 16.0 Å². The molecular formula is C32H27BrClN3O3S. The van der Waals surface area contributed by atoms with E-state index in [0.29, 0.717) is 22.0 Å². The van der Waals surface area contributed by atoms with E-state index in [-0.39, 0.29) is 16.9 Å². The van der Waals surface area contributed by atoms with Gasteiger partial charge in [0.2, 0.25) is 5.91 Å². The quantitative estimate of drug-likeness (QED) is 0.127. The van der Waals surface area contributed by atoms with Gasteiger partial charge in [-0.25, -0.2) is 0 Å². The fraction of sp³-hybridized carbons (Fsp3) is 0.0938. The van der Waals surface area contributed by atoms with Gasteiger partial charge in [0.15, 0.2) is 0 Å². The maximum Gasteiger partial charge on any atom is 0.272 e. The fourth-order valence-corrected chi connectivity index (χ4v) is 5.01.